The maximum Gasteiger partial charge on any atom is 0.327 e. The summed E-state index contributed by atoms with van der Waals surface area (Å²) in [6.45, 7) is 1.13. The van der Waals surface area contributed by atoms with Crippen molar-refractivity contribution in [1.29, 1.82) is 0 Å². The Balaban J connectivity index is 1.81. The minimum Gasteiger partial charge on any atom is -0.312 e. The molecule has 2 atom stereocenters. The number of imide groups is 1. The molecule has 1 aromatic rings. The molecular weight excluding hydrogens is 278 g/mol. The number of piperidine rings is 1. The van der Waals surface area contributed by atoms with E-state index in [1.807, 2.05) is 44.4 Å². The lowest BCUT2D eigenvalue weighted by Crippen LogP contribution is -2.40. The van der Waals surface area contributed by atoms with Crippen molar-refractivity contribution >= 4 is 11.9 Å². The summed E-state index contributed by atoms with van der Waals surface area (Å²) in [5.74, 6) is -0.0209. The molecule has 3 rings (SSSR count). The lowest BCUT2D eigenvalue weighted by atomic mass is 10.0. The van der Waals surface area contributed by atoms with E-state index in [1.165, 1.54) is 4.90 Å². The number of hydrogen-bond acceptors (Lipinski definition) is 3. The van der Waals surface area contributed by atoms with Crippen LogP contribution in [-0.2, 0) is 4.79 Å². The SMILES string of the molecule is CN(C)[C@@H](CN1C(=O)[C@H]2CCCCN2C1=O)c1ccccc1. The highest BCUT2D eigenvalue weighted by Gasteiger charge is 2.46. The van der Waals surface area contributed by atoms with Crippen molar-refractivity contribution < 1.29 is 9.59 Å². The Morgan fingerprint density at radius 2 is 1.91 bits per heavy atom. The molecule has 0 spiro atoms. The highest BCUT2D eigenvalue weighted by molar-refractivity contribution is 6.04. The summed E-state index contributed by atoms with van der Waals surface area (Å²) in [4.78, 5) is 30.4. The van der Waals surface area contributed by atoms with E-state index in [4.69, 9.17) is 0 Å². The monoisotopic (exact) mass is 301 g/mol. The Hall–Kier alpha value is -1.88. The first-order chi connectivity index (χ1) is 10.6. The Morgan fingerprint density at radius 1 is 1.18 bits per heavy atom. The van der Waals surface area contributed by atoms with E-state index >= 15 is 0 Å². The van der Waals surface area contributed by atoms with Gasteiger partial charge in [0.1, 0.15) is 6.04 Å². The van der Waals surface area contributed by atoms with Crippen molar-refractivity contribution in [3.05, 3.63) is 35.9 Å². The highest BCUT2D eigenvalue weighted by Crippen LogP contribution is 2.29. The van der Waals surface area contributed by atoms with E-state index < -0.39 is 0 Å². The third-order valence-electron chi connectivity index (χ3n) is 4.69. The van der Waals surface area contributed by atoms with Gasteiger partial charge in [-0.05, 0) is 38.9 Å². The molecule has 0 N–H and O–H groups in total. The van der Waals surface area contributed by atoms with Crippen LogP contribution in [0.3, 0.4) is 0 Å². The number of urea groups is 1. The molecule has 5 heteroatoms. The lowest BCUT2D eigenvalue weighted by Gasteiger charge is -2.28. The van der Waals surface area contributed by atoms with E-state index in [0.717, 1.165) is 24.8 Å². The Bertz CT molecular complexity index is 534. The van der Waals surface area contributed by atoms with Crippen LogP contribution in [0.25, 0.3) is 0 Å². The van der Waals surface area contributed by atoms with Gasteiger partial charge in [-0.3, -0.25) is 9.69 Å². The maximum atomic E-state index is 12.6. The minimum absolute atomic E-state index is 0.0209. The van der Waals surface area contributed by atoms with Gasteiger partial charge < -0.3 is 9.80 Å². The van der Waals surface area contributed by atoms with E-state index in [0.29, 0.717) is 13.1 Å². The molecule has 0 bridgehead atoms. The predicted molar refractivity (Wildman–Crippen MR) is 84.3 cm³/mol. The van der Waals surface area contributed by atoms with Crippen molar-refractivity contribution in [3.8, 4) is 0 Å². The molecule has 0 saturated carbocycles. The molecule has 118 valence electrons. The maximum absolute atomic E-state index is 12.6. The van der Waals surface area contributed by atoms with Gasteiger partial charge in [0, 0.05) is 6.54 Å². The lowest BCUT2D eigenvalue weighted by molar-refractivity contribution is -0.129. The molecule has 2 aliphatic heterocycles. The summed E-state index contributed by atoms with van der Waals surface area (Å²) >= 11 is 0. The highest BCUT2D eigenvalue weighted by atomic mass is 16.2. The molecule has 3 amide bonds. The largest absolute Gasteiger partial charge is 0.327 e. The Labute approximate surface area is 131 Å². The first-order valence-corrected chi connectivity index (χ1v) is 7.93. The predicted octanol–water partition coefficient (Wildman–Crippen LogP) is 2.11. The van der Waals surface area contributed by atoms with Crippen LogP contribution in [0.4, 0.5) is 4.79 Å². The number of amides is 3. The molecule has 22 heavy (non-hydrogen) atoms. The van der Waals surface area contributed by atoms with Crippen molar-refractivity contribution in [2.75, 3.05) is 27.2 Å². The number of nitrogens with zero attached hydrogens (tertiary/aromatic N) is 3. The second kappa shape index (κ2) is 6.08. The number of likely N-dealkylation sites (N-methyl/N-ethyl adjacent to an activating group) is 1. The van der Waals surface area contributed by atoms with Gasteiger partial charge in [-0.2, -0.15) is 0 Å². The van der Waals surface area contributed by atoms with Gasteiger partial charge in [-0.1, -0.05) is 30.3 Å². The van der Waals surface area contributed by atoms with E-state index in [2.05, 4.69) is 4.90 Å². The summed E-state index contributed by atoms with van der Waals surface area (Å²) in [6, 6.07) is 9.73. The smallest absolute Gasteiger partial charge is 0.312 e. The third-order valence-corrected chi connectivity index (χ3v) is 4.69. The molecule has 0 aliphatic carbocycles. The van der Waals surface area contributed by atoms with E-state index in [1.54, 1.807) is 4.90 Å². The minimum atomic E-state index is -0.222. The topological polar surface area (TPSA) is 43.9 Å². The summed E-state index contributed by atoms with van der Waals surface area (Å²) in [5, 5.41) is 0. The fraction of sp³-hybridized carbons (Fsp3) is 0.529. The number of carbonyl (C=O) groups is 2. The van der Waals surface area contributed by atoms with Crippen LogP contribution < -0.4 is 0 Å². The van der Waals surface area contributed by atoms with Gasteiger partial charge in [-0.25, -0.2) is 4.79 Å². The van der Waals surface area contributed by atoms with Crippen LogP contribution in [0.1, 0.15) is 30.9 Å². The molecule has 0 aromatic heterocycles. The number of carbonyl (C=O) groups excluding carboxylic acids is 2. The standard InChI is InChI=1S/C17H23N3O2/c1-18(2)15(13-8-4-3-5-9-13)12-20-16(21)14-10-6-7-11-19(14)17(20)22/h3-5,8-9,14-15H,6-7,10-12H2,1-2H3/t14-,15+/m1/s1. The second-order valence-corrected chi connectivity index (χ2v) is 6.33. The van der Waals surface area contributed by atoms with Gasteiger partial charge in [-0.15, -0.1) is 0 Å². The first kappa shape index (κ1) is 15.0. The van der Waals surface area contributed by atoms with Gasteiger partial charge in [0.15, 0.2) is 0 Å². The van der Waals surface area contributed by atoms with Crippen molar-refractivity contribution in [3.63, 3.8) is 0 Å². The van der Waals surface area contributed by atoms with Crippen LogP contribution >= 0.6 is 0 Å². The quantitative estimate of drug-likeness (QED) is 0.800. The first-order valence-electron chi connectivity index (χ1n) is 7.93. The molecule has 1 aromatic carbocycles. The zero-order valence-corrected chi connectivity index (χ0v) is 13.2. The normalized spacial score (nSPS) is 23.1. The average Bonchev–Trinajstić information content (AvgIpc) is 2.78. The zero-order chi connectivity index (χ0) is 15.7. The molecule has 2 heterocycles. The van der Waals surface area contributed by atoms with Crippen LogP contribution in [0, 0.1) is 0 Å². The molecule has 2 fully saturated rings. The van der Waals surface area contributed by atoms with Crippen LogP contribution in [-0.4, -0.2) is 59.9 Å². The average molecular weight is 301 g/mol. The van der Waals surface area contributed by atoms with Crippen LogP contribution in [0.5, 0.6) is 0 Å². The Kier molecular flexibility index (Phi) is 4.16. The van der Waals surface area contributed by atoms with Crippen LogP contribution in [0.2, 0.25) is 0 Å². The van der Waals surface area contributed by atoms with Crippen molar-refractivity contribution in [1.82, 2.24) is 14.7 Å². The van der Waals surface area contributed by atoms with E-state index in [9.17, 15) is 9.59 Å². The summed E-state index contributed by atoms with van der Waals surface area (Å²) in [5.41, 5.74) is 1.12. The van der Waals surface area contributed by atoms with Gasteiger partial charge in [0.2, 0.25) is 0 Å². The fourth-order valence-corrected chi connectivity index (χ4v) is 3.43. The van der Waals surface area contributed by atoms with Crippen LogP contribution in [0.15, 0.2) is 30.3 Å². The fourth-order valence-electron chi connectivity index (χ4n) is 3.43. The number of hydrogen-bond donors (Lipinski definition) is 0. The van der Waals surface area contributed by atoms with Crippen molar-refractivity contribution in [2.24, 2.45) is 0 Å². The molecule has 0 unspecified atom stereocenters. The van der Waals surface area contributed by atoms with Crippen molar-refractivity contribution in [2.45, 2.75) is 31.3 Å². The summed E-state index contributed by atoms with van der Waals surface area (Å²) in [6.07, 6.45) is 2.84. The number of fused-ring (bicyclic) bond motifs is 1. The van der Waals surface area contributed by atoms with Gasteiger partial charge >= 0.3 is 6.03 Å². The number of rotatable bonds is 4. The molecule has 0 radical (unpaired) electrons. The van der Waals surface area contributed by atoms with Gasteiger partial charge in [0.25, 0.3) is 5.91 Å². The molecular formula is C17H23N3O2. The zero-order valence-electron chi connectivity index (χ0n) is 13.2. The Morgan fingerprint density at radius 3 is 2.55 bits per heavy atom. The van der Waals surface area contributed by atoms with Gasteiger partial charge in [0.05, 0.1) is 12.6 Å². The second-order valence-electron chi connectivity index (χ2n) is 6.33. The van der Waals surface area contributed by atoms with E-state index in [-0.39, 0.29) is 24.0 Å². The molecule has 2 saturated heterocycles. The number of benzene rings is 1. The molecule has 5 nitrogen and oxygen atoms in total. The summed E-state index contributed by atoms with van der Waals surface area (Å²) < 4.78 is 0. The molecule has 2 aliphatic rings. The third kappa shape index (κ3) is 2.61. The summed E-state index contributed by atoms with van der Waals surface area (Å²) in [7, 11) is 3.96.